The second-order valence-corrected chi connectivity index (χ2v) is 6.06. The number of aryl methyl sites for hydroxylation is 1. The molecule has 0 unspecified atom stereocenters. The van der Waals surface area contributed by atoms with Crippen LogP contribution < -0.4 is 5.32 Å². The molecular weight excluding hydrogens is 330 g/mol. The molecule has 0 aromatic heterocycles. The van der Waals surface area contributed by atoms with Gasteiger partial charge in [-0.1, -0.05) is 52.3 Å². The average Bonchev–Trinajstić information content (AvgIpc) is 2.88. The number of alkyl carbamates (subject to hydrolysis) is 1. The first kappa shape index (κ1) is 14.1. The largest absolute Gasteiger partial charge is 0.445 e. The van der Waals surface area contributed by atoms with Gasteiger partial charge in [0.05, 0.1) is 6.04 Å². The lowest BCUT2D eigenvalue weighted by Gasteiger charge is -2.14. The van der Waals surface area contributed by atoms with Gasteiger partial charge >= 0.3 is 6.09 Å². The molecular formula is C17H16BrNO2. The van der Waals surface area contributed by atoms with E-state index in [2.05, 4.69) is 33.4 Å². The highest BCUT2D eigenvalue weighted by Gasteiger charge is 2.24. The van der Waals surface area contributed by atoms with Crippen molar-refractivity contribution in [3.63, 3.8) is 0 Å². The zero-order chi connectivity index (χ0) is 14.7. The molecule has 1 N–H and O–H groups in total. The van der Waals surface area contributed by atoms with Crippen LogP contribution in [0.4, 0.5) is 4.79 Å². The zero-order valence-corrected chi connectivity index (χ0v) is 13.1. The number of amides is 1. The second-order valence-electron chi connectivity index (χ2n) is 5.14. The van der Waals surface area contributed by atoms with Crippen LogP contribution in [0, 0.1) is 0 Å². The van der Waals surface area contributed by atoms with Crippen molar-refractivity contribution in [2.24, 2.45) is 0 Å². The number of fused-ring (bicyclic) bond motifs is 1. The molecule has 2 aromatic carbocycles. The molecule has 0 heterocycles. The van der Waals surface area contributed by atoms with E-state index in [9.17, 15) is 4.79 Å². The number of halogens is 1. The Bertz CT molecular complexity index is 642. The Labute approximate surface area is 132 Å². The third-order valence-electron chi connectivity index (χ3n) is 3.69. The molecule has 0 spiro atoms. The van der Waals surface area contributed by atoms with E-state index >= 15 is 0 Å². The molecule has 1 aliphatic rings. The van der Waals surface area contributed by atoms with Gasteiger partial charge in [-0.05, 0) is 41.7 Å². The van der Waals surface area contributed by atoms with Gasteiger partial charge in [0, 0.05) is 4.47 Å². The van der Waals surface area contributed by atoms with Gasteiger partial charge in [-0.3, -0.25) is 0 Å². The molecule has 2 aromatic rings. The van der Waals surface area contributed by atoms with Gasteiger partial charge in [0.1, 0.15) is 6.61 Å². The molecule has 108 valence electrons. The fraction of sp³-hybridized carbons (Fsp3) is 0.235. The molecule has 3 nitrogen and oxygen atoms in total. The van der Waals surface area contributed by atoms with Crippen molar-refractivity contribution in [2.75, 3.05) is 0 Å². The van der Waals surface area contributed by atoms with E-state index in [0.29, 0.717) is 6.61 Å². The lowest BCUT2D eigenvalue weighted by Crippen LogP contribution is -2.27. The van der Waals surface area contributed by atoms with E-state index in [1.807, 2.05) is 36.4 Å². The molecule has 0 radical (unpaired) electrons. The monoisotopic (exact) mass is 345 g/mol. The van der Waals surface area contributed by atoms with Crippen molar-refractivity contribution in [1.82, 2.24) is 5.32 Å². The van der Waals surface area contributed by atoms with Crippen LogP contribution in [0.15, 0.2) is 53.0 Å². The van der Waals surface area contributed by atoms with Crippen molar-refractivity contribution >= 4 is 22.0 Å². The van der Waals surface area contributed by atoms with Crippen LogP contribution >= 0.6 is 15.9 Å². The predicted molar refractivity (Wildman–Crippen MR) is 85.0 cm³/mol. The minimum absolute atomic E-state index is 0.0522. The molecule has 4 heteroatoms. The van der Waals surface area contributed by atoms with E-state index < -0.39 is 0 Å². The van der Waals surface area contributed by atoms with E-state index in [1.165, 1.54) is 11.1 Å². The number of rotatable bonds is 3. The molecule has 1 aliphatic carbocycles. The Kier molecular flexibility index (Phi) is 4.25. The Hall–Kier alpha value is -1.81. The highest BCUT2D eigenvalue weighted by Crippen LogP contribution is 2.32. The number of carbonyl (C=O) groups is 1. The minimum Gasteiger partial charge on any atom is -0.445 e. The number of ether oxygens (including phenoxy) is 1. The Morgan fingerprint density at radius 2 is 2.05 bits per heavy atom. The summed E-state index contributed by atoms with van der Waals surface area (Å²) in [6.07, 6.45) is 1.55. The molecule has 0 saturated carbocycles. The summed E-state index contributed by atoms with van der Waals surface area (Å²) < 4.78 is 6.35. The van der Waals surface area contributed by atoms with Crippen molar-refractivity contribution in [1.29, 1.82) is 0 Å². The topological polar surface area (TPSA) is 38.3 Å². The average molecular weight is 346 g/mol. The van der Waals surface area contributed by atoms with Gasteiger partial charge in [-0.25, -0.2) is 4.79 Å². The van der Waals surface area contributed by atoms with Crippen molar-refractivity contribution in [3.05, 3.63) is 69.7 Å². The molecule has 0 fully saturated rings. The van der Waals surface area contributed by atoms with Gasteiger partial charge in [0.15, 0.2) is 0 Å². The number of hydrogen-bond acceptors (Lipinski definition) is 2. The van der Waals surface area contributed by atoms with Crippen LogP contribution in [0.25, 0.3) is 0 Å². The number of carbonyl (C=O) groups excluding carboxylic acids is 1. The SMILES string of the molecule is O=C(N[C@@H]1CCc2cc(Br)ccc21)OCc1ccccc1. The Morgan fingerprint density at radius 1 is 1.24 bits per heavy atom. The molecule has 0 saturated heterocycles. The first-order chi connectivity index (χ1) is 10.2. The lowest BCUT2D eigenvalue weighted by molar-refractivity contribution is 0.135. The molecule has 1 atom stereocenters. The summed E-state index contributed by atoms with van der Waals surface area (Å²) >= 11 is 3.47. The second kappa shape index (κ2) is 6.31. The van der Waals surface area contributed by atoms with Crippen molar-refractivity contribution in [3.8, 4) is 0 Å². The molecule has 0 aliphatic heterocycles. The summed E-state index contributed by atoms with van der Waals surface area (Å²) in [6, 6.07) is 15.9. The molecule has 1 amide bonds. The minimum atomic E-state index is -0.361. The van der Waals surface area contributed by atoms with E-state index in [4.69, 9.17) is 4.74 Å². The summed E-state index contributed by atoms with van der Waals surface area (Å²) in [5.74, 6) is 0. The van der Waals surface area contributed by atoms with Gasteiger partial charge in [0.2, 0.25) is 0 Å². The highest BCUT2D eigenvalue weighted by molar-refractivity contribution is 9.10. The third-order valence-corrected chi connectivity index (χ3v) is 4.18. The van der Waals surface area contributed by atoms with Crippen LogP contribution in [-0.2, 0) is 17.8 Å². The number of hydrogen-bond donors (Lipinski definition) is 1. The maximum atomic E-state index is 11.9. The summed E-state index contributed by atoms with van der Waals surface area (Å²) in [7, 11) is 0. The van der Waals surface area contributed by atoms with E-state index in [1.54, 1.807) is 0 Å². The van der Waals surface area contributed by atoms with Crippen LogP contribution in [0.1, 0.15) is 29.2 Å². The van der Waals surface area contributed by atoms with Crippen LogP contribution in [0.5, 0.6) is 0 Å². The molecule has 3 rings (SSSR count). The maximum absolute atomic E-state index is 11.9. The number of benzene rings is 2. The lowest BCUT2D eigenvalue weighted by atomic mass is 10.1. The first-order valence-corrected chi connectivity index (χ1v) is 7.77. The van der Waals surface area contributed by atoms with Gasteiger partial charge in [-0.15, -0.1) is 0 Å². The quantitative estimate of drug-likeness (QED) is 0.897. The Balaban J connectivity index is 1.57. The fourth-order valence-electron chi connectivity index (χ4n) is 2.64. The molecule has 0 bridgehead atoms. The molecule has 21 heavy (non-hydrogen) atoms. The maximum Gasteiger partial charge on any atom is 0.407 e. The highest BCUT2D eigenvalue weighted by atomic mass is 79.9. The fourth-order valence-corrected chi connectivity index (χ4v) is 3.05. The summed E-state index contributed by atoms with van der Waals surface area (Å²) in [4.78, 5) is 11.9. The smallest absolute Gasteiger partial charge is 0.407 e. The summed E-state index contributed by atoms with van der Waals surface area (Å²) in [6.45, 7) is 0.298. The van der Waals surface area contributed by atoms with Gasteiger partial charge in [0.25, 0.3) is 0 Å². The van der Waals surface area contributed by atoms with Crippen molar-refractivity contribution in [2.45, 2.75) is 25.5 Å². The van der Waals surface area contributed by atoms with Crippen molar-refractivity contribution < 1.29 is 9.53 Å². The summed E-state index contributed by atoms with van der Waals surface area (Å²) in [5.41, 5.74) is 3.47. The standard InChI is InChI=1S/C17H16BrNO2/c18-14-7-8-15-13(10-14)6-9-16(15)19-17(20)21-11-12-4-2-1-3-5-12/h1-5,7-8,10,16H,6,9,11H2,(H,19,20)/t16-/m1/s1. The van der Waals surface area contributed by atoms with Crippen LogP contribution in [0.2, 0.25) is 0 Å². The van der Waals surface area contributed by atoms with Crippen LogP contribution in [-0.4, -0.2) is 6.09 Å². The zero-order valence-electron chi connectivity index (χ0n) is 11.5. The third kappa shape index (κ3) is 3.45. The summed E-state index contributed by atoms with van der Waals surface area (Å²) in [5, 5.41) is 2.95. The predicted octanol–water partition coefficient (Wildman–Crippen LogP) is 4.36. The normalized spacial score (nSPS) is 16.3. The van der Waals surface area contributed by atoms with Crippen LogP contribution in [0.3, 0.4) is 0 Å². The first-order valence-electron chi connectivity index (χ1n) is 6.98. The van der Waals surface area contributed by atoms with E-state index in [0.717, 1.165) is 22.9 Å². The number of nitrogens with one attached hydrogen (secondary N) is 1. The van der Waals surface area contributed by atoms with Gasteiger partial charge < -0.3 is 10.1 Å². The van der Waals surface area contributed by atoms with Gasteiger partial charge in [-0.2, -0.15) is 0 Å². The Morgan fingerprint density at radius 3 is 2.86 bits per heavy atom. The van der Waals surface area contributed by atoms with E-state index in [-0.39, 0.29) is 12.1 Å².